The lowest BCUT2D eigenvalue weighted by Gasteiger charge is -2.26. The molecular formula is C20H21N. The van der Waals surface area contributed by atoms with Gasteiger partial charge in [-0.2, -0.15) is 0 Å². The second-order valence-electron chi connectivity index (χ2n) is 5.44. The highest BCUT2D eigenvalue weighted by Gasteiger charge is 2.09. The summed E-state index contributed by atoms with van der Waals surface area (Å²) in [5.41, 5.74) is 4.05. The molecule has 1 nitrogen and oxygen atoms in total. The molecule has 0 N–H and O–H groups in total. The highest BCUT2D eigenvalue weighted by Crippen LogP contribution is 2.20. The predicted octanol–water partition coefficient (Wildman–Crippen LogP) is 4.97. The maximum absolute atomic E-state index is 2.44. The Hall–Kier alpha value is -2.28. The first-order valence-electron chi connectivity index (χ1n) is 7.61. The summed E-state index contributed by atoms with van der Waals surface area (Å²) < 4.78 is 0. The molecule has 1 aliphatic rings. The molecule has 0 heterocycles. The Morgan fingerprint density at radius 2 is 1.48 bits per heavy atom. The van der Waals surface area contributed by atoms with Gasteiger partial charge in [0.25, 0.3) is 0 Å². The Bertz CT molecular complexity index is 611. The van der Waals surface area contributed by atoms with Gasteiger partial charge in [0.15, 0.2) is 0 Å². The zero-order valence-electron chi connectivity index (χ0n) is 12.3. The lowest BCUT2D eigenvalue weighted by atomic mass is 10.1. The molecule has 0 saturated carbocycles. The van der Waals surface area contributed by atoms with E-state index >= 15 is 0 Å². The normalized spacial score (nSPS) is 13.8. The third kappa shape index (κ3) is 3.85. The molecule has 0 saturated heterocycles. The molecule has 0 atom stereocenters. The number of rotatable bonds is 5. The van der Waals surface area contributed by atoms with Gasteiger partial charge in [-0.15, -0.1) is 0 Å². The molecule has 0 amide bonds. The van der Waals surface area contributed by atoms with Crippen LogP contribution in [0.3, 0.4) is 0 Å². The Balaban J connectivity index is 1.81. The van der Waals surface area contributed by atoms with E-state index in [4.69, 9.17) is 0 Å². The van der Waals surface area contributed by atoms with Crippen molar-refractivity contribution >= 4 is 5.69 Å². The number of allylic oxidation sites excluding steroid dienone is 2. The largest absolute Gasteiger partial charge is 0.363 e. The summed E-state index contributed by atoms with van der Waals surface area (Å²) in [5.74, 6) is 0. The quantitative estimate of drug-likeness (QED) is 0.744. The van der Waals surface area contributed by atoms with Crippen LogP contribution < -0.4 is 4.90 Å². The average molecular weight is 275 g/mol. The summed E-state index contributed by atoms with van der Waals surface area (Å²) in [6.45, 7) is 1.91. The van der Waals surface area contributed by atoms with E-state index in [1.165, 1.54) is 29.7 Å². The second kappa shape index (κ2) is 6.94. The lowest BCUT2D eigenvalue weighted by Crippen LogP contribution is -2.25. The van der Waals surface area contributed by atoms with Crippen molar-refractivity contribution in [2.75, 3.05) is 11.4 Å². The SMILES string of the molecule is C1=CC(CN(Cc2ccccc2)c2ccccc2)=CCC1. The smallest absolute Gasteiger partial charge is 0.0433 e. The van der Waals surface area contributed by atoms with Gasteiger partial charge in [0.1, 0.15) is 0 Å². The summed E-state index contributed by atoms with van der Waals surface area (Å²) in [4.78, 5) is 2.44. The van der Waals surface area contributed by atoms with Gasteiger partial charge in [-0.3, -0.25) is 0 Å². The first kappa shape index (κ1) is 13.7. The summed E-state index contributed by atoms with van der Waals surface area (Å²) in [6, 6.07) is 21.4. The fourth-order valence-corrected chi connectivity index (χ4v) is 2.69. The van der Waals surface area contributed by atoms with Crippen LogP contribution >= 0.6 is 0 Å². The van der Waals surface area contributed by atoms with Gasteiger partial charge in [-0.05, 0) is 36.1 Å². The van der Waals surface area contributed by atoms with Gasteiger partial charge in [-0.1, -0.05) is 66.8 Å². The zero-order valence-corrected chi connectivity index (χ0v) is 12.3. The summed E-state index contributed by atoms with van der Waals surface area (Å²) in [7, 11) is 0. The summed E-state index contributed by atoms with van der Waals surface area (Å²) in [6.07, 6.45) is 9.25. The van der Waals surface area contributed by atoms with E-state index in [9.17, 15) is 0 Å². The van der Waals surface area contributed by atoms with Crippen LogP contribution in [0.15, 0.2) is 84.5 Å². The van der Waals surface area contributed by atoms with Crippen molar-refractivity contribution in [2.24, 2.45) is 0 Å². The first-order valence-corrected chi connectivity index (χ1v) is 7.61. The van der Waals surface area contributed by atoms with Gasteiger partial charge >= 0.3 is 0 Å². The van der Waals surface area contributed by atoms with Crippen LogP contribution in [-0.2, 0) is 6.54 Å². The molecule has 0 fully saturated rings. The van der Waals surface area contributed by atoms with Crippen LogP contribution in [0.4, 0.5) is 5.69 Å². The maximum atomic E-state index is 2.44. The molecule has 0 bridgehead atoms. The van der Waals surface area contributed by atoms with Crippen molar-refractivity contribution in [3.8, 4) is 0 Å². The van der Waals surface area contributed by atoms with Crippen molar-refractivity contribution in [1.82, 2.24) is 0 Å². The highest BCUT2D eigenvalue weighted by atomic mass is 15.1. The Morgan fingerprint density at radius 3 is 2.14 bits per heavy atom. The van der Waals surface area contributed by atoms with E-state index in [-0.39, 0.29) is 0 Å². The zero-order chi connectivity index (χ0) is 14.3. The monoisotopic (exact) mass is 275 g/mol. The molecule has 3 rings (SSSR count). The molecule has 2 aromatic carbocycles. The van der Waals surface area contributed by atoms with Gasteiger partial charge in [-0.25, -0.2) is 0 Å². The van der Waals surface area contributed by atoms with E-state index in [0.717, 1.165) is 13.1 Å². The highest BCUT2D eigenvalue weighted by molar-refractivity contribution is 5.49. The minimum absolute atomic E-state index is 0.941. The van der Waals surface area contributed by atoms with Gasteiger partial charge < -0.3 is 4.90 Å². The molecule has 0 radical (unpaired) electrons. The number of anilines is 1. The van der Waals surface area contributed by atoms with E-state index in [1.54, 1.807) is 0 Å². The fraction of sp³-hybridized carbons (Fsp3) is 0.200. The Kier molecular flexibility index (Phi) is 4.52. The van der Waals surface area contributed by atoms with E-state index < -0.39 is 0 Å². The molecule has 1 aliphatic carbocycles. The van der Waals surface area contributed by atoms with Crippen molar-refractivity contribution in [2.45, 2.75) is 19.4 Å². The summed E-state index contributed by atoms with van der Waals surface area (Å²) in [5, 5.41) is 0. The van der Waals surface area contributed by atoms with Crippen LogP contribution in [0.2, 0.25) is 0 Å². The number of hydrogen-bond donors (Lipinski definition) is 0. The van der Waals surface area contributed by atoms with Crippen molar-refractivity contribution in [1.29, 1.82) is 0 Å². The number of para-hydroxylation sites is 1. The average Bonchev–Trinajstić information content (AvgIpc) is 2.57. The minimum Gasteiger partial charge on any atom is -0.363 e. The molecular weight excluding hydrogens is 254 g/mol. The fourth-order valence-electron chi connectivity index (χ4n) is 2.69. The number of nitrogens with zero attached hydrogens (tertiary/aromatic N) is 1. The van der Waals surface area contributed by atoms with Crippen molar-refractivity contribution in [3.05, 3.63) is 90.0 Å². The molecule has 0 spiro atoms. The van der Waals surface area contributed by atoms with Crippen LogP contribution in [0.25, 0.3) is 0 Å². The van der Waals surface area contributed by atoms with Crippen molar-refractivity contribution < 1.29 is 0 Å². The minimum atomic E-state index is 0.941. The standard InChI is InChI=1S/C20H21N/c1-4-10-18(11-5-1)16-21(20-14-8-3-9-15-20)17-19-12-6-2-7-13-19/h1,3-6,8-15H,2,7,16-17H2. The third-order valence-corrected chi connectivity index (χ3v) is 3.78. The van der Waals surface area contributed by atoms with Gasteiger partial charge in [0, 0.05) is 18.8 Å². The molecule has 1 heteroatoms. The van der Waals surface area contributed by atoms with Gasteiger partial charge in [0.2, 0.25) is 0 Å². The Morgan fingerprint density at radius 1 is 0.762 bits per heavy atom. The lowest BCUT2D eigenvalue weighted by molar-refractivity contribution is 0.842. The first-order chi connectivity index (χ1) is 10.4. The van der Waals surface area contributed by atoms with Crippen LogP contribution in [0, 0.1) is 0 Å². The molecule has 106 valence electrons. The molecule has 0 aliphatic heterocycles. The third-order valence-electron chi connectivity index (χ3n) is 3.78. The molecule has 0 unspecified atom stereocenters. The predicted molar refractivity (Wildman–Crippen MR) is 90.4 cm³/mol. The van der Waals surface area contributed by atoms with Crippen LogP contribution in [0.5, 0.6) is 0 Å². The second-order valence-corrected chi connectivity index (χ2v) is 5.44. The Labute approximate surface area is 127 Å². The number of benzene rings is 2. The summed E-state index contributed by atoms with van der Waals surface area (Å²) >= 11 is 0. The molecule has 21 heavy (non-hydrogen) atoms. The van der Waals surface area contributed by atoms with Crippen LogP contribution in [0.1, 0.15) is 18.4 Å². The topological polar surface area (TPSA) is 3.24 Å². The van der Waals surface area contributed by atoms with Crippen molar-refractivity contribution in [3.63, 3.8) is 0 Å². The van der Waals surface area contributed by atoms with Gasteiger partial charge in [0.05, 0.1) is 0 Å². The van der Waals surface area contributed by atoms with Crippen LogP contribution in [-0.4, -0.2) is 6.54 Å². The number of hydrogen-bond acceptors (Lipinski definition) is 1. The molecule has 0 aromatic heterocycles. The van der Waals surface area contributed by atoms with E-state index in [1.807, 2.05) is 0 Å². The van der Waals surface area contributed by atoms with E-state index in [2.05, 4.69) is 83.8 Å². The maximum Gasteiger partial charge on any atom is 0.0433 e. The molecule has 2 aromatic rings. The van der Waals surface area contributed by atoms with E-state index in [0.29, 0.717) is 0 Å².